The van der Waals surface area contributed by atoms with Gasteiger partial charge in [0.2, 0.25) is 0 Å². The monoisotopic (exact) mass is 328 g/mol. The number of thioether (sulfide) groups is 1. The second kappa shape index (κ2) is 6.83. The summed E-state index contributed by atoms with van der Waals surface area (Å²) < 4.78 is 1.20. The van der Waals surface area contributed by atoms with E-state index in [2.05, 4.69) is 46.0 Å². The molecule has 1 aliphatic rings. The topological polar surface area (TPSA) is 29.3 Å². The van der Waals surface area contributed by atoms with Crippen molar-refractivity contribution >= 4 is 33.4 Å². The van der Waals surface area contributed by atoms with E-state index < -0.39 is 0 Å². The minimum Gasteiger partial charge on any atom is -0.369 e. The van der Waals surface area contributed by atoms with Crippen LogP contribution in [0.1, 0.15) is 18.9 Å². The third-order valence-corrected chi connectivity index (χ3v) is 4.96. The van der Waals surface area contributed by atoms with Gasteiger partial charge in [-0.2, -0.15) is 11.8 Å². The lowest BCUT2D eigenvalue weighted by molar-refractivity contribution is 0.646. The summed E-state index contributed by atoms with van der Waals surface area (Å²) in [6.07, 6.45) is 1.99. The molecule has 0 aromatic heterocycles. The fourth-order valence-electron chi connectivity index (χ4n) is 2.19. The van der Waals surface area contributed by atoms with Gasteiger partial charge in [-0.1, -0.05) is 13.0 Å². The summed E-state index contributed by atoms with van der Waals surface area (Å²) >= 11 is 5.75. The van der Waals surface area contributed by atoms with Gasteiger partial charge in [0.05, 0.1) is 5.69 Å². The Hall–Kier alpha value is -0.190. The average molecular weight is 329 g/mol. The predicted molar refractivity (Wildman–Crippen MR) is 85.7 cm³/mol. The van der Waals surface area contributed by atoms with E-state index in [1.54, 1.807) is 0 Å². The molecule has 2 rings (SSSR count). The van der Waals surface area contributed by atoms with E-state index in [0.717, 1.165) is 25.9 Å². The summed E-state index contributed by atoms with van der Waals surface area (Å²) in [5.74, 6) is 2.46. The minimum absolute atomic E-state index is 0.272. The van der Waals surface area contributed by atoms with Crippen molar-refractivity contribution in [3.63, 3.8) is 0 Å². The Kier molecular flexibility index (Phi) is 5.39. The number of hydrogen-bond acceptors (Lipinski definition) is 3. The predicted octanol–water partition coefficient (Wildman–Crippen LogP) is 3.28. The van der Waals surface area contributed by atoms with Crippen molar-refractivity contribution in [2.75, 3.05) is 29.5 Å². The highest BCUT2D eigenvalue weighted by Crippen LogP contribution is 2.29. The second-order valence-corrected chi connectivity index (χ2v) is 6.84. The Morgan fingerprint density at radius 3 is 2.72 bits per heavy atom. The summed E-state index contributed by atoms with van der Waals surface area (Å²) in [5.41, 5.74) is 8.66. The van der Waals surface area contributed by atoms with Crippen LogP contribution >= 0.6 is 27.7 Å². The van der Waals surface area contributed by atoms with E-state index in [9.17, 15) is 0 Å². The number of benzene rings is 1. The standard InChI is InChI=1S/C14H21BrN2S/c1-2-12(16)9-11-3-4-14(13(15)10-11)17-5-7-18-8-6-17/h3-4,10,12H,2,5-9,16H2,1H3. The minimum atomic E-state index is 0.272. The number of halogens is 1. The highest BCUT2D eigenvalue weighted by Gasteiger charge is 2.14. The van der Waals surface area contributed by atoms with E-state index in [-0.39, 0.29) is 6.04 Å². The normalized spacial score (nSPS) is 17.8. The first-order chi connectivity index (χ1) is 8.70. The smallest absolute Gasteiger partial charge is 0.0511 e. The molecule has 0 saturated carbocycles. The van der Waals surface area contributed by atoms with E-state index >= 15 is 0 Å². The van der Waals surface area contributed by atoms with Crippen LogP contribution in [-0.2, 0) is 6.42 Å². The van der Waals surface area contributed by atoms with Gasteiger partial charge in [0.15, 0.2) is 0 Å². The lowest BCUT2D eigenvalue weighted by Gasteiger charge is -2.29. The van der Waals surface area contributed by atoms with Crippen LogP contribution in [0, 0.1) is 0 Å². The number of hydrogen-bond donors (Lipinski definition) is 1. The summed E-state index contributed by atoms with van der Waals surface area (Å²) in [7, 11) is 0. The quantitative estimate of drug-likeness (QED) is 0.919. The molecule has 1 saturated heterocycles. The number of rotatable bonds is 4. The Bertz CT molecular complexity index is 391. The largest absolute Gasteiger partial charge is 0.369 e. The van der Waals surface area contributed by atoms with Gasteiger partial charge in [0.25, 0.3) is 0 Å². The van der Waals surface area contributed by atoms with Crippen molar-refractivity contribution in [3.8, 4) is 0 Å². The molecule has 1 fully saturated rings. The maximum Gasteiger partial charge on any atom is 0.0511 e. The summed E-state index contributed by atoms with van der Waals surface area (Å²) in [6.45, 7) is 4.44. The van der Waals surface area contributed by atoms with Gasteiger partial charge in [0.1, 0.15) is 0 Å². The van der Waals surface area contributed by atoms with Gasteiger partial charge in [-0.05, 0) is 46.5 Å². The van der Waals surface area contributed by atoms with Gasteiger partial charge in [-0.25, -0.2) is 0 Å². The molecule has 1 heterocycles. The molecule has 1 aliphatic heterocycles. The van der Waals surface area contributed by atoms with Crippen LogP contribution in [0.3, 0.4) is 0 Å². The fourth-order valence-corrected chi connectivity index (χ4v) is 3.77. The number of nitrogens with two attached hydrogens (primary N) is 1. The van der Waals surface area contributed by atoms with E-state index in [1.165, 1.54) is 27.2 Å². The highest BCUT2D eigenvalue weighted by molar-refractivity contribution is 9.10. The molecule has 1 aromatic carbocycles. The maximum absolute atomic E-state index is 6.01. The summed E-state index contributed by atoms with van der Waals surface area (Å²) in [5, 5.41) is 0. The lowest BCUT2D eigenvalue weighted by atomic mass is 10.0. The molecular formula is C14H21BrN2S. The first-order valence-electron chi connectivity index (χ1n) is 6.57. The molecule has 1 aromatic rings. The molecular weight excluding hydrogens is 308 g/mol. The average Bonchev–Trinajstić information content (AvgIpc) is 2.40. The zero-order valence-electron chi connectivity index (χ0n) is 10.9. The number of nitrogens with zero attached hydrogens (tertiary/aromatic N) is 1. The van der Waals surface area contributed by atoms with Crippen molar-refractivity contribution < 1.29 is 0 Å². The van der Waals surface area contributed by atoms with E-state index in [4.69, 9.17) is 5.73 Å². The summed E-state index contributed by atoms with van der Waals surface area (Å²) in [4.78, 5) is 2.46. The van der Waals surface area contributed by atoms with Crippen LogP contribution in [-0.4, -0.2) is 30.6 Å². The number of anilines is 1. The van der Waals surface area contributed by atoms with Crippen molar-refractivity contribution in [1.82, 2.24) is 0 Å². The molecule has 1 unspecified atom stereocenters. The molecule has 2 nitrogen and oxygen atoms in total. The van der Waals surface area contributed by atoms with Crippen molar-refractivity contribution in [2.45, 2.75) is 25.8 Å². The molecule has 0 spiro atoms. The molecule has 0 aliphatic carbocycles. The van der Waals surface area contributed by atoms with Gasteiger partial charge >= 0.3 is 0 Å². The first kappa shape index (κ1) is 14.2. The molecule has 1 atom stereocenters. The maximum atomic E-state index is 6.01. The van der Waals surface area contributed by atoms with Crippen LogP contribution in [0.4, 0.5) is 5.69 Å². The molecule has 18 heavy (non-hydrogen) atoms. The molecule has 0 amide bonds. The molecule has 4 heteroatoms. The first-order valence-corrected chi connectivity index (χ1v) is 8.52. The Morgan fingerprint density at radius 2 is 2.11 bits per heavy atom. The summed E-state index contributed by atoms with van der Waals surface area (Å²) in [6, 6.07) is 6.95. The van der Waals surface area contributed by atoms with Crippen LogP contribution in [0.15, 0.2) is 22.7 Å². The third kappa shape index (κ3) is 3.65. The van der Waals surface area contributed by atoms with Gasteiger partial charge in [-0.15, -0.1) is 0 Å². The fraction of sp³-hybridized carbons (Fsp3) is 0.571. The van der Waals surface area contributed by atoms with Crippen molar-refractivity contribution in [2.24, 2.45) is 5.73 Å². The zero-order chi connectivity index (χ0) is 13.0. The van der Waals surface area contributed by atoms with Crippen LogP contribution in [0.25, 0.3) is 0 Å². The zero-order valence-corrected chi connectivity index (χ0v) is 13.3. The van der Waals surface area contributed by atoms with Crippen molar-refractivity contribution in [1.29, 1.82) is 0 Å². The highest BCUT2D eigenvalue weighted by atomic mass is 79.9. The molecule has 100 valence electrons. The van der Waals surface area contributed by atoms with Crippen molar-refractivity contribution in [3.05, 3.63) is 28.2 Å². The Morgan fingerprint density at radius 1 is 1.39 bits per heavy atom. The van der Waals surface area contributed by atoms with E-state index in [1.807, 2.05) is 11.8 Å². The Balaban J connectivity index is 2.09. The molecule has 2 N–H and O–H groups in total. The third-order valence-electron chi connectivity index (χ3n) is 3.39. The SMILES string of the molecule is CCC(N)Cc1ccc(N2CCSCC2)c(Br)c1. The molecule has 0 bridgehead atoms. The Labute approximate surface area is 122 Å². The lowest BCUT2D eigenvalue weighted by Crippen LogP contribution is -2.32. The van der Waals surface area contributed by atoms with E-state index in [0.29, 0.717) is 0 Å². The van der Waals surface area contributed by atoms with Crippen LogP contribution in [0.2, 0.25) is 0 Å². The molecule has 0 radical (unpaired) electrons. The van der Waals surface area contributed by atoms with Gasteiger partial charge in [0, 0.05) is 35.1 Å². The van der Waals surface area contributed by atoms with Crippen LogP contribution in [0.5, 0.6) is 0 Å². The van der Waals surface area contributed by atoms with Gasteiger partial charge < -0.3 is 10.6 Å². The van der Waals surface area contributed by atoms with Gasteiger partial charge in [-0.3, -0.25) is 0 Å². The second-order valence-electron chi connectivity index (χ2n) is 4.76. The van der Waals surface area contributed by atoms with Crippen LogP contribution < -0.4 is 10.6 Å².